The normalized spacial score (nSPS) is 19.8. The maximum atomic E-state index is 12.4. The van der Waals surface area contributed by atoms with Crippen molar-refractivity contribution in [1.82, 2.24) is 9.62 Å². The third kappa shape index (κ3) is 4.07. The Bertz CT molecular complexity index is 592. The Balaban J connectivity index is 2.06. The van der Waals surface area contributed by atoms with Crippen LogP contribution in [0.5, 0.6) is 0 Å². The number of halogens is 1. The molecule has 0 radical (unpaired) electrons. The maximum absolute atomic E-state index is 12.4. The third-order valence-corrected chi connectivity index (χ3v) is 6.34. The minimum absolute atomic E-state index is 0.00745. The molecule has 0 atom stereocenters. The summed E-state index contributed by atoms with van der Waals surface area (Å²) in [5.74, 6) is 0.438. The van der Waals surface area contributed by atoms with Crippen molar-refractivity contribution in [3.8, 4) is 0 Å². The summed E-state index contributed by atoms with van der Waals surface area (Å²) in [4.78, 5) is 2.37. The average Bonchev–Trinajstić information content (AvgIpc) is 2.83. The van der Waals surface area contributed by atoms with E-state index in [0.29, 0.717) is 12.3 Å². The molecule has 6 nitrogen and oxygen atoms in total. The number of nitrogens with zero attached hydrogens (tertiary/aromatic N) is 1. The highest BCUT2D eigenvalue weighted by Crippen LogP contribution is 2.31. The van der Waals surface area contributed by atoms with Crippen LogP contribution in [-0.4, -0.2) is 40.0 Å². The van der Waals surface area contributed by atoms with Gasteiger partial charge in [-0.15, -0.1) is 0 Å². The Morgan fingerprint density at radius 1 is 1.48 bits per heavy atom. The van der Waals surface area contributed by atoms with Crippen LogP contribution in [0.3, 0.4) is 0 Å². The predicted octanol–water partition coefficient (Wildman–Crippen LogP) is 1.51. The fraction of sp³-hybridized carbons (Fsp3) is 0.692. The zero-order valence-corrected chi connectivity index (χ0v) is 14.8. The third-order valence-electron chi connectivity index (χ3n) is 4.08. The number of sulfonamides is 1. The van der Waals surface area contributed by atoms with E-state index in [0.717, 1.165) is 25.9 Å². The molecule has 1 aliphatic heterocycles. The van der Waals surface area contributed by atoms with Gasteiger partial charge in [-0.2, -0.15) is 0 Å². The first kappa shape index (κ1) is 17.0. The Hall–Kier alpha value is -0.410. The topological polar surface area (TPSA) is 88.6 Å². The van der Waals surface area contributed by atoms with E-state index in [1.807, 2.05) is 0 Å². The van der Waals surface area contributed by atoms with Crippen molar-refractivity contribution in [2.24, 2.45) is 11.1 Å². The highest BCUT2D eigenvalue weighted by Gasteiger charge is 2.31. The number of hydrogen-bond donors (Lipinski definition) is 2. The van der Waals surface area contributed by atoms with Gasteiger partial charge in [0.15, 0.2) is 4.67 Å². The van der Waals surface area contributed by atoms with Crippen LogP contribution in [0.4, 0.5) is 0 Å². The van der Waals surface area contributed by atoms with Crippen molar-refractivity contribution in [3.63, 3.8) is 0 Å². The molecule has 0 unspecified atom stereocenters. The van der Waals surface area contributed by atoms with E-state index in [1.165, 1.54) is 6.07 Å². The quantitative estimate of drug-likeness (QED) is 0.809. The maximum Gasteiger partial charge on any atom is 0.244 e. The first-order valence-electron chi connectivity index (χ1n) is 6.92. The van der Waals surface area contributed by atoms with Gasteiger partial charge in [0.2, 0.25) is 10.0 Å². The van der Waals surface area contributed by atoms with Crippen LogP contribution in [0.2, 0.25) is 0 Å². The molecular formula is C13H22BrN3O3S. The summed E-state index contributed by atoms with van der Waals surface area (Å²) in [7, 11) is -1.51. The first-order chi connectivity index (χ1) is 9.76. The summed E-state index contributed by atoms with van der Waals surface area (Å²) in [6.45, 7) is 4.70. The van der Waals surface area contributed by atoms with E-state index in [9.17, 15) is 8.42 Å². The van der Waals surface area contributed by atoms with Crippen LogP contribution in [0.1, 0.15) is 25.5 Å². The second kappa shape index (κ2) is 6.37. The zero-order valence-electron chi connectivity index (χ0n) is 12.4. The smallest absolute Gasteiger partial charge is 0.244 e. The number of furan rings is 1. The van der Waals surface area contributed by atoms with Crippen LogP contribution >= 0.6 is 15.9 Å². The molecule has 0 aliphatic carbocycles. The zero-order chi connectivity index (χ0) is 15.7. The summed E-state index contributed by atoms with van der Waals surface area (Å²) < 4.78 is 32.9. The predicted molar refractivity (Wildman–Crippen MR) is 84.3 cm³/mol. The minimum atomic E-state index is -3.59. The lowest BCUT2D eigenvalue weighted by Gasteiger charge is -2.37. The number of likely N-dealkylation sites (tertiary alicyclic amines) is 1. The summed E-state index contributed by atoms with van der Waals surface area (Å²) in [5.41, 5.74) is 5.46. The van der Waals surface area contributed by atoms with Gasteiger partial charge in [0.1, 0.15) is 10.7 Å². The molecule has 2 rings (SSSR count). The van der Waals surface area contributed by atoms with Crippen LogP contribution in [0.15, 0.2) is 20.0 Å². The van der Waals surface area contributed by atoms with Crippen molar-refractivity contribution >= 4 is 26.0 Å². The van der Waals surface area contributed by atoms with E-state index in [-0.39, 0.29) is 21.5 Å². The molecule has 3 N–H and O–H groups in total. The van der Waals surface area contributed by atoms with E-state index in [2.05, 4.69) is 39.5 Å². The molecule has 1 fully saturated rings. The molecule has 1 aliphatic rings. The molecule has 0 spiro atoms. The number of piperidine rings is 1. The second-order valence-electron chi connectivity index (χ2n) is 5.99. The number of hydrogen-bond acceptors (Lipinski definition) is 5. The lowest BCUT2D eigenvalue weighted by Crippen LogP contribution is -2.43. The number of nitrogens with one attached hydrogen (secondary N) is 1. The van der Waals surface area contributed by atoms with E-state index in [1.54, 1.807) is 0 Å². The fourth-order valence-electron chi connectivity index (χ4n) is 2.36. The van der Waals surface area contributed by atoms with Crippen molar-refractivity contribution < 1.29 is 12.8 Å². The van der Waals surface area contributed by atoms with Gasteiger partial charge in [-0.25, -0.2) is 13.1 Å². The van der Waals surface area contributed by atoms with Gasteiger partial charge >= 0.3 is 0 Å². The summed E-state index contributed by atoms with van der Waals surface area (Å²) in [6.07, 6.45) is 1.96. The minimum Gasteiger partial charge on any atom is -0.452 e. The van der Waals surface area contributed by atoms with Crippen LogP contribution in [0.25, 0.3) is 0 Å². The summed E-state index contributed by atoms with van der Waals surface area (Å²) in [5, 5.41) is 0. The molecule has 21 heavy (non-hydrogen) atoms. The average molecular weight is 380 g/mol. The molecule has 120 valence electrons. The van der Waals surface area contributed by atoms with Gasteiger partial charge in [-0.1, -0.05) is 6.92 Å². The molecular weight excluding hydrogens is 358 g/mol. The Morgan fingerprint density at radius 2 is 2.10 bits per heavy atom. The molecule has 0 bridgehead atoms. The highest BCUT2D eigenvalue weighted by atomic mass is 79.9. The van der Waals surface area contributed by atoms with Gasteiger partial charge in [-0.3, -0.25) is 0 Å². The molecule has 1 aromatic heterocycles. The number of rotatable bonds is 5. The second-order valence-corrected chi connectivity index (χ2v) is 8.45. The van der Waals surface area contributed by atoms with Crippen LogP contribution in [0, 0.1) is 5.41 Å². The summed E-state index contributed by atoms with van der Waals surface area (Å²) in [6, 6.07) is 1.46. The molecule has 0 aromatic carbocycles. The molecule has 0 amide bonds. The van der Waals surface area contributed by atoms with Gasteiger partial charge in [0, 0.05) is 12.6 Å². The SMILES string of the molecule is CN1CCC(C)(CNS(=O)(=O)c2cc(CN)oc2Br)CC1. The summed E-state index contributed by atoms with van der Waals surface area (Å²) >= 11 is 3.13. The van der Waals surface area contributed by atoms with Gasteiger partial charge < -0.3 is 15.1 Å². The largest absolute Gasteiger partial charge is 0.452 e. The Kier molecular flexibility index (Phi) is 5.15. The molecule has 1 saturated heterocycles. The molecule has 8 heteroatoms. The Morgan fingerprint density at radius 3 is 2.62 bits per heavy atom. The van der Waals surface area contributed by atoms with Gasteiger partial charge in [0.05, 0.1) is 6.54 Å². The van der Waals surface area contributed by atoms with Crippen molar-refractivity contribution in [2.45, 2.75) is 31.2 Å². The van der Waals surface area contributed by atoms with E-state index >= 15 is 0 Å². The lowest BCUT2D eigenvalue weighted by atomic mass is 9.81. The lowest BCUT2D eigenvalue weighted by molar-refractivity contribution is 0.143. The van der Waals surface area contributed by atoms with Crippen molar-refractivity contribution in [2.75, 3.05) is 26.7 Å². The van der Waals surface area contributed by atoms with E-state index in [4.69, 9.17) is 10.2 Å². The Labute approximate surface area is 134 Å². The number of nitrogens with two attached hydrogens (primary N) is 1. The van der Waals surface area contributed by atoms with Crippen LogP contribution in [-0.2, 0) is 16.6 Å². The van der Waals surface area contributed by atoms with Gasteiger partial charge in [-0.05, 0) is 54.3 Å². The first-order valence-corrected chi connectivity index (χ1v) is 9.20. The van der Waals surface area contributed by atoms with Crippen molar-refractivity contribution in [3.05, 3.63) is 16.5 Å². The standard InChI is InChI=1S/C13H22BrN3O3S/c1-13(3-5-17(2)6-4-13)9-16-21(18,19)11-7-10(8-15)20-12(11)14/h7,16H,3-6,8-9,15H2,1-2H3. The van der Waals surface area contributed by atoms with Gasteiger partial charge in [0.25, 0.3) is 0 Å². The molecule has 1 aromatic rings. The molecule has 2 heterocycles. The monoisotopic (exact) mass is 379 g/mol. The van der Waals surface area contributed by atoms with Crippen LogP contribution < -0.4 is 10.5 Å². The fourth-order valence-corrected chi connectivity index (χ4v) is 4.56. The van der Waals surface area contributed by atoms with E-state index < -0.39 is 10.0 Å². The van der Waals surface area contributed by atoms with Crippen molar-refractivity contribution in [1.29, 1.82) is 0 Å². The highest BCUT2D eigenvalue weighted by molar-refractivity contribution is 9.10. The molecule has 0 saturated carbocycles.